The minimum Gasteiger partial charge on any atom is -0.352 e. The smallest absolute Gasteiger partial charge is 0.307 e. The largest absolute Gasteiger partial charge is 0.352 e. The van der Waals surface area contributed by atoms with Crippen molar-refractivity contribution in [3.05, 3.63) is 22.5 Å². The van der Waals surface area contributed by atoms with E-state index in [1.54, 1.807) is 6.92 Å². The fourth-order valence-electron chi connectivity index (χ4n) is 2.32. The number of nitro groups is 1. The molecule has 1 atom stereocenters. The third kappa shape index (κ3) is 3.30. The normalized spacial score (nSPS) is 17.9. The van der Waals surface area contributed by atoms with Crippen molar-refractivity contribution in [2.75, 3.05) is 0 Å². The number of hydrogen-bond acceptors (Lipinski definition) is 4. The van der Waals surface area contributed by atoms with Gasteiger partial charge in [-0.2, -0.15) is 5.10 Å². The highest BCUT2D eigenvalue weighted by molar-refractivity contribution is 5.80. The highest BCUT2D eigenvalue weighted by Gasteiger charge is 2.22. The van der Waals surface area contributed by atoms with Crippen LogP contribution in [0.15, 0.2) is 12.4 Å². The second-order valence-electron chi connectivity index (χ2n) is 4.96. The van der Waals surface area contributed by atoms with Crippen LogP contribution in [0.25, 0.3) is 0 Å². The van der Waals surface area contributed by atoms with Gasteiger partial charge in [0.25, 0.3) is 0 Å². The molecule has 0 aliphatic heterocycles. The number of hydrogen-bond donors (Lipinski definition) is 1. The standard InChI is InChI=1S/C12H18N4O3/c1-9(15-8-11(7-13-15)16(18)19)12(17)14-10-5-3-2-4-6-10/h7-10H,2-6H2,1H3,(H,14,17). The van der Waals surface area contributed by atoms with Crippen molar-refractivity contribution in [2.45, 2.75) is 51.1 Å². The van der Waals surface area contributed by atoms with Crippen LogP contribution in [-0.4, -0.2) is 26.7 Å². The first-order valence-electron chi connectivity index (χ1n) is 6.57. The molecule has 1 aliphatic rings. The Labute approximate surface area is 111 Å². The molecule has 0 spiro atoms. The molecule has 0 saturated heterocycles. The van der Waals surface area contributed by atoms with Gasteiger partial charge in [0.1, 0.15) is 18.4 Å². The van der Waals surface area contributed by atoms with Gasteiger partial charge < -0.3 is 5.32 Å². The average molecular weight is 266 g/mol. The molecule has 7 nitrogen and oxygen atoms in total. The van der Waals surface area contributed by atoms with Crippen molar-refractivity contribution in [1.29, 1.82) is 0 Å². The summed E-state index contributed by atoms with van der Waals surface area (Å²) in [5, 5.41) is 17.4. The van der Waals surface area contributed by atoms with Crippen molar-refractivity contribution in [3.8, 4) is 0 Å². The summed E-state index contributed by atoms with van der Waals surface area (Å²) < 4.78 is 1.33. The van der Waals surface area contributed by atoms with E-state index in [2.05, 4.69) is 10.4 Å². The Kier molecular flexibility index (Phi) is 4.13. The summed E-state index contributed by atoms with van der Waals surface area (Å²) in [7, 11) is 0. The van der Waals surface area contributed by atoms with Gasteiger partial charge in [-0.15, -0.1) is 0 Å². The lowest BCUT2D eigenvalue weighted by Crippen LogP contribution is -2.40. The quantitative estimate of drug-likeness (QED) is 0.664. The van der Waals surface area contributed by atoms with Crippen molar-refractivity contribution < 1.29 is 9.72 Å². The zero-order valence-electron chi connectivity index (χ0n) is 10.9. The Morgan fingerprint density at radius 3 is 2.79 bits per heavy atom. The first-order valence-corrected chi connectivity index (χ1v) is 6.57. The van der Waals surface area contributed by atoms with Gasteiger partial charge in [0, 0.05) is 6.04 Å². The van der Waals surface area contributed by atoms with E-state index >= 15 is 0 Å². The topological polar surface area (TPSA) is 90.1 Å². The highest BCUT2D eigenvalue weighted by atomic mass is 16.6. The fourth-order valence-corrected chi connectivity index (χ4v) is 2.32. The summed E-state index contributed by atoms with van der Waals surface area (Å²) in [4.78, 5) is 22.1. The maximum absolute atomic E-state index is 12.0. The van der Waals surface area contributed by atoms with E-state index in [0.29, 0.717) is 0 Å². The first-order chi connectivity index (χ1) is 9.08. The van der Waals surface area contributed by atoms with Crippen molar-refractivity contribution >= 4 is 11.6 Å². The van der Waals surface area contributed by atoms with Crippen LogP contribution in [0.5, 0.6) is 0 Å². The molecule has 1 aliphatic carbocycles. The molecule has 1 aromatic rings. The second-order valence-corrected chi connectivity index (χ2v) is 4.96. The molecule has 1 N–H and O–H groups in total. The van der Waals surface area contributed by atoms with Crippen molar-refractivity contribution in [1.82, 2.24) is 15.1 Å². The molecule has 7 heteroatoms. The maximum Gasteiger partial charge on any atom is 0.307 e. The van der Waals surface area contributed by atoms with E-state index in [4.69, 9.17) is 0 Å². The molecule has 1 unspecified atom stereocenters. The van der Waals surface area contributed by atoms with Crippen LogP contribution in [0.1, 0.15) is 45.1 Å². The van der Waals surface area contributed by atoms with E-state index in [9.17, 15) is 14.9 Å². The molecule has 2 rings (SSSR count). The van der Waals surface area contributed by atoms with Gasteiger partial charge in [-0.25, -0.2) is 0 Å². The summed E-state index contributed by atoms with van der Waals surface area (Å²) in [6.07, 6.45) is 7.98. The lowest BCUT2D eigenvalue weighted by atomic mass is 9.95. The molecule has 104 valence electrons. The summed E-state index contributed by atoms with van der Waals surface area (Å²) >= 11 is 0. The summed E-state index contributed by atoms with van der Waals surface area (Å²) in [6, 6.07) is -0.301. The number of nitrogens with one attached hydrogen (secondary N) is 1. The monoisotopic (exact) mass is 266 g/mol. The molecule has 1 heterocycles. The molecule has 1 amide bonds. The summed E-state index contributed by atoms with van der Waals surface area (Å²) in [5.41, 5.74) is -0.0997. The Balaban J connectivity index is 1.95. The van der Waals surface area contributed by atoms with E-state index in [1.165, 1.54) is 17.3 Å². The molecular weight excluding hydrogens is 248 g/mol. The van der Waals surface area contributed by atoms with E-state index in [0.717, 1.165) is 31.9 Å². The molecule has 0 bridgehead atoms. The molecule has 0 aromatic carbocycles. The number of nitrogens with zero attached hydrogens (tertiary/aromatic N) is 3. The Morgan fingerprint density at radius 2 is 2.21 bits per heavy atom. The van der Waals surface area contributed by atoms with Gasteiger partial charge in [-0.05, 0) is 19.8 Å². The van der Waals surface area contributed by atoms with Gasteiger partial charge in [0.2, 0.25) is 5.91 Å². The predicted octanol–water partition coefficient (Wildman–Crippen LogP) is 1.80. The number of aromatic nitrogens is 2. The fraction of sp³-hybridized carbons (Fsp3) is 0.667. The highest BCUT2D eigenvalue weighted by Crippen LogP contribution is 2.19. The van der Waals surface area contributed by atoms with Crippen LogP contribution in [0, 0.1) is 10.1 Å². The van der Waals surface area contributed by atoms with Gasteiger partial charge in [-0.1, -0.05) is 19.3 Å². The van der Waals surface area contributed by atoms with E-state index in [1.807, 2.05) is 0 Å². The number of rotatable bonds is 4. The Hall–Kier alpha value is -1.92. The van der Waals surface area contributed by atoms with Crippen LogP contribution < -0.4 is 5.32 Å². The average Bonchev–Trinajstić information content (AvgIpc) is 2.88. The Bertz CT molecular complexity index is 465. The van der Waals surface area contributed by atoms with Gasteiger partial charge in [0.05, 0.1) is 4.92 Å². The van der Waals surface area contributed by atoms with Crippen LogP contribution in [-0.2, 0) is 4.79 Å². The van der Waals surface area contributed by atoms with Gasteiger partial charge in [-0.3, -0.25) is 19.6 Å². The predicted molar refractivity (Wildman–Crippen MR) is 68.6 cm³/mol. The van der Waals surface area contributed by atoms with Gasteiger partial charge in [0.15, 0.2) is 0 Å². The molecule has 1 saturated carbocycles. The Morgan fingerprint density at radius 1 is 1.53 bits per heavy atom. The minimum absolute atomic E-state index is 0.0997. The van der Waals surface area contributed by atoms with Crippen LogP contribution in [0.4, 0.5) is 5.69 Å². The van der Waals surface area contributed by atoms with Gasteiger partial charge >= 0.3 is 5.69 Å². The second kappa shape index (κ2) is 5.81. The number of carbonyl (C=O) groups is 1. The van der Waals surface area contributed by atoms with E-state index in [-0.39, 0.29) is 17.6 Å². The van der Waals surface area contributed by atoms with Crippen LogP contribution >= 0.6 is 0 Å². The van der Waals surface area contributed by atoms with Crippen molar-refractivity contribution in [2.24, 2.45) is 0 Å². The summed E-state index contributed by atoms with van der Waals surface area (Å²) in [6.45, 7) is 1.69. The molecule has 19 heavy (non-hydrogen) atoms. The zero-order valence-corrected chi connectivity index (χ0v) is 10.9. The SMILES string of the molecule is CC(C(=O)NC1CCCCC1)n1cc([N+](=O)[O-])cn1. The van der Waals surface area contributed by atoms with Crippen LogP contribution in [0.3, 0.4) is 0 Å². The first kappa shape index (κ1) is 13.5. The van der Waals surface area contributed by atoms with E-state index < -0.39 is 11.0 Å². The zero-order chi connectivity index (χ0) is 13.8. The lowest BCUT2D eigenvalue weighted by Gasteiger charge is -2.24. The molecule has 1 aromatic heterocycles. The molecular formula is C12H18N4O3. The van der Waals surface area contributed by atoms with Crippen molar-refractivity contribution in [3.63, 3.8) is 0 Å². The number of carbonyl (C=O) groups excluding carboxylic acids is 1. The summed E-state index contributed by atoms with van der Waals surface area (Å²) in [5.74, 6) is -0.134. The minimum atomic E-state index is -0.532. The third-order valence-electron chi connectivity index (χ3n) is 3.53. The van der Waals surface area contributed by atoms with Crippen LogP contribution in [0.2, 0.25) is 0 Å². The number of amides is 1. The third-order valence-corrected chi connectivity index (χ3v) is 3.53. The maximum atomic E-state index is 12.0. The molecule has 1 fully saturated rings. The molecule has 0 radical (unpaired) electrons. The lowest BCUT2D eigenvalue weighted by molar-refractivity contribution is -0.385.